The van der Waals surface area contributed by atoms with Crippen LogP contribution in [0.15, 0.2) is 36.4 Å². The summed E-state index contributed by atoms with van der Waals surface area (Å²) in [7, 11) is 0. The second kappa shape index (κ2) is 4.86. The average molecular weight is 317 g/mol. The second-order valence-corrected chi connectivity index (χ2v) is 5.71. The van der Waals surface area contributed by atoms with E-state index in [2.05, 4.69) is 16.0 Å². The highest BCUT2D eigenvalue weighted by atomic mass is 35.5. The number of rotatable bonds is 1. The van der Waals surface area contributed by atoms with E-state index in [-0.39, 0.29) is 0 Å². The van der Waals surface area contributed by atoms with Gasteiger partial charge in [-0.25, -0.2) is 9.97 Å². The molecule has 0 unspecified atom stereocenters. The van der Waals surface area contributed by atoms with Crippen LogP contribution in [0.25, 0.3) is 22.3 Å². The minimum atomic E-state index is 0.411. The summed E-state index contributed by atoms with van der Waals surface area (Å²) in [6.45, 7) is 0.733. The predicted octanol–water partition coefficient (Wildman–Crippen LogP) is 4.54. The summed E-state index contributed by atoms with van der Waals surface area (Å²) in [5, 5.41) is 1.79. The summed E-state index contributed by atoms with van der Waals surface area (Å²) in [6, 6.07) is 11.4. The van der Waals surface area contributed by atoms with Crippen LogP contribution in [0.4, 0.5) is 0 Å². The fraction of sp³-hybridized carbons (Fsp3) is 0.125. The highest BCUT2D eigenvalue weighted by molar-refractivity contribution is 6.35. The van der Waals surface area contributed by atoms with Gasteiger partial charge in [-0.2, -0.15) is 0 Å². The van der Waals surface area contributed by atoms with E-state index in [1.807, 2.05) is 18.2 Å². The zero-order valence-electron chi connectivity index (χ0n) is 10.9. The van der Waals surface area contributed by atoms with Gasteiger partial charge in [-0.3, -0.25) is 0 Å². The molecule has 0 aliphatic carbocycles. The van der Waals surface area contributed by atoms with E-state index in [9.17, 15) is 0 Å². The van der Waals surface area contributed by atoms with Gasteiger partial charge in [0.25, 0.3) is 0 Å². The monoisotopic (exact) mass is 316 g/mol. The molecular weight excluding hydrogens is 307 g/mol. The second-order valence-electron chi connectivity index (χ2n) is 4.92. The molecule has 1 aliphatic heterocycles. The van der Waals surface area contributed by atoms with E-state index in [4.69, 9.17) is 27.9 Å². The van der Waals surface area contributed by atoms with Crippen molar-refractivity contribution >= 4 is 34.1 Å². The van der Waals surface area contributed by atoms with Crippen LogP contribution in [-0.2, 0) is 6.42 Å². The fourth-order valence-electron chi connectivity index (χ4n) is 2.52. The van der Waals surface area contributed by atoms with Crippen LogP contribution in [-0.4, -0.2) is 16.6 Å². The Morgan fingerprint density at radius 3 is 2.81 bits per heavy atom. The molecule has 5 heteroatoms. The molecule has 0 bridgehead atoms. The molecule has 3 nitrogen and oxygen atoms in total. The van der Waals surface area contributed by atoms with Crippen LogP contribution >= 0.6 is 23.2 Å². The van der Waals surface area contributed by atoms with Crippen molar-refractivity contribution in [3.05, 3.63) is 52.1 Å². The molecule has 0 spiro atoms. The maximum absolute atomic E-state index is 6.27. The van der Waals surface area contributed by atoms with E-state index in [0.29, 0.717) is 16.0 Å². The van der Waals surface area contributed by atoms with Crippen molar-refractivity contribution in [2.75, 3.05) is 6.61 Å². The van der Waals surface area contributed by atoms with Crippen LogP contribution in [0.3, 0.4) is 0 Å². The molecule has 2 heterocycles. The summed E-state index contributed by atoms with van der Waals surface area (Å²) < 4.78 is 5.51. The van der Waals surface area contributed by atoms with Crippen LogP contribution in [0.2, 0.25) is 10.2 Å². The Kier molecular flexibility index (Phi) is 2.98. The number of ether oxygens (including phenoxy) is 1. The quantitative estimate of drug-likeness (QED) is 0.618. The molecule has 0 fully saturated rings. The van der Waals surface area contributed by atoms with E-state index < -0.39 is 0 Å². The van der Waals surface area contributed by atoms with Crippen LogP contribution < -0.4 is 4.74 Å². The minimum absolute atomic E-state index is 0.411. The standard InChI is InChI=1S/C16H10Cl2N2O/c17-11-2-3-13-12(8-11)15(18)20-16(19-13)10-1-4-14-9(7-10)5-6-21-14/h1-4,7-8H,5-6H2. The molecule has 4 rings (SSSR count). The summed E-state index contributed by atoms with van der Waals surface area (Å²) >= 11 is 12.3. The van der Waals surface area contributed by atoms with Crippen LogP contribution in [0, 0.1) is 0 Å². The highest BCUT2D eigenvalue weighted by Crippen LogP contribution is 2.31. The Hall–Kier alpha value is -1.84. The maximum Gasteiger partial charge on any atom is 0.161 e. The van der Waals surface area contributed by atoms with Gasteiger partial charge in [-0.05, 0) is 42.0 Å². The molecule has 0 amide bonds. The first-order valence-corrected chi connectivity index (χ1v) is 7.35. The van der Waals surface area contributed by atoms with Gasteiger partial charge in [0.2, 0.25) is 0 Å². The Balaban J connectivity index is 1.89. The molecular formula is C16H10Cl2N2O. The lowest BCUT2D eigenvalue weighted by atomic mass is 10.1. The van der Waals surface area contributed by atoms with Gasteiger partial charge in [0.1, 0.15) is 10.9 Å². The van der Waals surface area contributed by atoms with Crippen molar-refractivity contribution < 1.29 is 4.74 Å². The number of fused-ring (bicyclic) bond motifs is 2. The summed E-state index contributed by atoms with van der Waals surface area (Å²) in [5.74, 6) is 1.56. The van der Waals surface area contributed by atoms with E-state index in [1.165, 1.54) is 5.56 Å². The first-order valence-electron chi connectivity index (χ1n) is 6.59. The molecule has 1 aliphatic rings. The molecule has 0 saturated heterocycles. The molecule has 0 saturated carbocycles. The molecule has 1 aromatic heterocycles. The fourth-order valence-corrected chi connectivity index (χ4v) is 2.92. The molecule has 0 radical (unpaired) electrons. The van der Waals surface area contributed by atoms with Crippen LogP contribution in [0.1, 0.15) is 5.56 Å². The third kappa shape index (κ3) is 2.23. The lowest BCUT2D eigenvalue weighted by Crippen LogP contribution is -1.92. The van der Waals surface area contributed by atoms with E-state index in [1.54, 1.807) is 12.1 Å². The number of nitrogens with zero attached hydrogens (tertiary/aromatic N) is 2. The minimum Gasteiger partial charge on any atom is -0.493 e. The number of benzene rings is 2. The highest BCUT2D eigenvalue weighted by Gasteiger charge is 2.15. The Bertz CT molecular complexity index is 864. The molecule has 3 aromatic rings. The molecule has 0 N–H and O–H groups in total. The summed E-state index contributed by atoms with van der Waals surface area (Å²) in [4.78, 5) is 8.97. The third-order valence-electron chi connectivity index (χ3n) is 3.56. The number of aromatic nitrogens is 2. The van der Waals surface area contributed by atoms with Gasteiger partial charge < -0.3 is 4.74 Å². The van der Waals surface area contributed by atoms with Crippen molar-refractivity contribution in [2.24, 2.45) is 0 Å². The van der Waals surface area contributed by atoms with Crippen molar-refractivity contribution in [3.8, 4) is 17.1 Å². The Morgan fingerprint density at radius 2 is 1.90 bits per heavy atom. The van der Waals surface area contributed by atoms with E-state index >= 15 is 0 Å². The largest absolute Gasteiger partial charge is 0.493 e. The van der Waals surface area contributed by atoms with E-state index in [0.717, 1.165) is 35.2 Å². The molecule has 104 valence electrons. The number of halogens is 2. The van der Waals surface area contributed by atoms with Crippen molar-refractivity contribution in [1.29, 1.82) is 0 Å². The van der Waals surface area contributed by atoms with Crippen molar-refractivity contribution in [3.63, 3.8) is 0 Å². The Morgan fingerprint density at radius 1 is 1.00 bits per heavy atom. The first-order chi connectivity index (χ1) is 10.2. The lowest BCUT2D eigenvalue weighted by molar-refractivity contribution is 0.357. The SMILES string of the molecule is Clc1ccc2nc(-c3ccc4c(c3)CCO4)nc(Cl)c2c1. The zero-order chi connectivity index (χ0) is 14.4. The normalized spacial score (nSPS) is 13.2. The maximum atomic E-state index is 6.27. The van der Waals surface area contributed by atoms with Gasteiger partial charge >= 0.3 is 0 Å². The molecule has 0 atom stereocenters. The van der Waals surface area contributed by atoms with Gasteiger partial charge in [0.05, 0.1) is 12.1 Å². The lowest BCUT2D eigenvalue weighted by Gasteiger charge is -2.06. The van der Waals surface area contributed by atoms with Gasteiger partial charge in [-0.1, -0.05) is 23.2 Å². The van der Waals surface area contributed by atoms with Gasteiger partial charge in [0, 0.05) is 22.4 Å². The topological polar surface area (TPSA) is 35.0 Å². The molecule has 2 aromatic carbocycles. The van der Waals surface area contributed by atoms with Crippen molar-refractivity contribution in [1.82, 2.24) is 9.97 Å². The predicted molar refractivity (Wildman–Crippen MR) is 84.2 cm³/mol. The number of hydrogen-bond donors (Lipinski definition) is 0. The average Bonchev–Trinajstić information content (AvgIpc) is 2.95. The summed E-state index contributed by atoms with van der Waals surface area (Å²) in [5.41, 5.74) is 2.91. The molecule has 21 heavy (non-hydrogen) atoms. The summed E-state index contributed by atoms with van der Waals surface area (Å²) in [6.07, 6.45) is 0.917. The third-order valence-corrected chi connectivity index (χ3v) is 4.08. The smallest absolute Gasteiger partial charge is 0.161 e. The first kappa shape index (κ1) is 12.9. The van der Waals surface area contributed by atoms with Crippen LogP contribution in [0.5, 0.6) is 5.75 Å². The Labute approximate surface area is 131 Å². The number of hydrogen-bond acceptors (Lipinski definition) is 3. The zero-order valence-corrected chi connectivity index (χ0v) is 12.4. The van der Waals surface area contributed by atoms with Gasteiger partial charge in [0.15, 0.2) is 5.82 Å². The van der Waals surface area contributed by atoms with Gasteiger partial charge in [-0.15, -0.1) is 0 Å². The van der Waals surface area contributed by atoms with Crippen molar-refractivity contribution in [2.45, 2.75) is 6.42 Å².